The third-order valence-electron chi connectivity index (χ3n) is 17.8. The molecule has 0 spiro atoms. The smallest absolute Gasteiger partial charge is 0.462 e. The Hall–Kier alpha value is -2.98. The monoisotopic (exact) mass is 1460 g/mol. The first-order valence-corrected chi connectivity index (χ1v) is 43.9. The Bertz CT molecular complexity index is 2080. The summed E-state index contributed by atoms with van der Waals surface area (Å²) in [5.74, 6) is -2.16. The molecular formula is C81H150O17P2. The van der Waals surface area contributed by atoms with Crippen LogP contribution in [0.1, 0.15) is 387 Å². The van der Waals surface area contributed by atoms with Gasteiger partial charge in [-0.25, -0.2) is 9.13 Å². The van der Waals surface area contributed by atoms with Gasteiger partial charge in [0.05, 0.1) is 26.4 Å². The third-order valence-corrected chi connectivity index (χ3v) is 19.7. The summed E-state index contributed by atoms with van der Waals surface area (Å²) in [4.78, 5) is 73.0. The van der Waals surface area contributed by atoms with E-state index in [0.29, 0.717) is 25.7 Å². The summed E-state index contributed by atoms with van der Waals surface area (Å²) in [6, 6.07) is 0. The van der Waals surface area contributed by atoms with Crippen molar-refractivity contribution in [2.24, 2.45) is 0 Å². The quantitative estimate of drug-likeness (QED) is 0.0169. The zero-order valence-corrected chi connectivity index (χ0v) is 65.9. The normalized spacial score (nSPS) is 14.1. The Morgan fingerprint density at radius 3 is 0.760 bits per heavy atom. The number of allylic oxidation sites excluding steroid dienone is 8. The Labute approximate surface area is 610 Å². The Kier molecular flexibility index (Phi) is 72.1. The van der Waals surface area contributed by atoms with Crippen LogP contribution in [0.25, 0.3) is 0 Å². The van der Waals surface area contributed by atoms with E-state index in [4.69, 9.17) is 37.0 Å². The highest BCUT2D eigenvalue weighted by molar-refractivity contribution is 7.47. The van der Waals surface area contributed by atoms with Crippen LogP contribution >= 0.6 is 15.6 Å². The molecule has 19 heteroatoms. The average Bonchev–Trinajstić information content (AvgIpc) is 0.988. The lowest BCUT2D eigenvalue weighted by Crippen LogP contribution is -2.30. The molecule has 0 aromatic carbocycles. The minimum Gasteiger partial charge on any atom is -0.462 e. The predicted octanol–water partition coefficient (Wildman–Crippen LogP) is 23.7. The van der Waals surface area contributed by atoms with Crippen molar-refractivity contribution < 1.29 is 80.2 Å². The number of esters is 4. The van der Waals surface area contributed by atoms with Crippen molar-refractivity contribution >= 4 is 39.5 Å². The van der Waals surface area contributed by atoms with Crippen LogP contribution in [0.15, 0.2) is 48.6 Å². The van der Waals surface area contributed by atoms with E-state index in [-0.39, 0.29) is 25.7 Å². The third kappa shape index (κ3) is 73.3. The fourth-order valence-corrected chi connectivity index (χ4v) is 13.1. The molecule has 0 heterocycles. The fraction of sp³-hybridized carbons (Fsp3) is 0.852. The van der Waals surface area contributed by atoms with Gasteiger partial charge in [0.2, 0.25) is 0 Å². The summed E-state index contributed by atoms with van der Waals surface area (Å²) in [6.45, 7) is 4.89. The number of carbonyl (C=O) groups is 4. The molecule has 2 unspecified atom stereocenters. The molecule has 0 fully saturated rings. The lowest BCUT2D eigenvalue weighted by Gasteiger charge is -2.21. The van der Waals surface area contributed by atoms with E-state index in [1.54, 1.807) is 0 Å². The van der Waals surface area contributed by atoms with Crippen LogP contribution in [-0.4, -0.2) is 96.7 Å². The highest BCUT2D eigenvalue weighted by Crippen LogP contribution is 2.45. The second kappa shape index (κ2) is 74.3. The molecule has 3 N–H and O–H groups in total. The van der Waals surface area contributed by atoms with Gasteiger partial charge in [-0.05, 0) is 89.9 Å². The number of ether oxygens (including phenoxy) is 4. The van der Waals surface area contributed by atoms with Crippen LogP contribution in [0.2, 0.25) is 0 Å². The predicted molar refractivity (Wildman–Crippen MR) is 409 cm³/mol. The Balaban J connectivity index is 5.31. The minimum atomic E-state index is -4.97. The summed E-state index contributed by atoms with van der Waals surface area (Å²) in [5, 5.41) is 10.6. The molecule has 0 aliphatic heterocycles. The highest BCUT2D eigenvalue weighted by Gasteiger charge is 2.30. The number of aliphatic hydroxyl groups is 1. The van der Waals surface area contributed by atoms with Crippen molar-refractivity contribution in [2.75, 3.05) is 39.6 Å². The molecule has 0 aromatic rings. The summed E-state index contributed by atoms with van der Waals surface area (Å²) < 4.78 is 68.6. The van der Waals surface area contributed by atoms with E-state index in [1.807, 2.05) is 0 Å². The zero-order chi connectivity index (χ0) is 73.2. The second-order valence-electron chi connectivity index (χ2n) is 27.7. The molecule has 100 heavy (non-hydrogen) atoms. The van der Waals surface area contributed by atoms with Gasteiger partial charge in [-0.15, -0.1) is 0 Å². The standard InChI is InChI=1S/C81H150O17P2/c1-5-9-13-17-21-25-29-33-36-37-40-43-46-50-54-58-62-66-79(84)92-71-76(97-80(85)67-63-59-55-51-47-41-32-28-24-20-16-12-8-4)73-95-99(87,88)93-69-75(82)70-94-100(89,90)96-74-77(98-81(86)68-64-60-56-52-48-44-39-35-31-27-23-19-15-11-7-3)72-91-78(83)65-61-57-53-49-45-42-38-34-30-26-22-18-14-10-6-2/h22-23,26-27,34-35,38-39,75-77,82H,5-21,24-25,28-33,36-37,40-74H2,1-4H3,(H,87,88)(H,89,90)/b26-22-,27-23-,38-34-,39-35-/t75-,76-,77-/m1/s1. The van der Waals surface area contributed by atoms with E-state index in [1.165, 1.54) is 173 Å². The molecule has 0 radical (unpaired) electrons. The molecule has 0 saturated carbocycles. The molecule has 0 amide bonds. The van der Waals surface area contributed by atoms with Crippen molar-refractivity contribution in [3.05, 3.63) is 48.6 Å². The maximum Gasteiger partial charge on any atom is 0.472 e. The number of aliphatic hydroxyl groups excluding tert-OH is 1. The molecule has 0 saturated heterocycles. The van der Waals surface area contributed by atoms with Gasteiger partial charge in [0, 0.05) is 25.7 Å². The van der Waals surface area contributed by atoms with Gasteiger partial charge in [-0.3, -0.25) is 37.3 Å². The number of phosphoric acid groups is 2. The first-order valence-electron chi connectivity index (χ1n) is 40.9. The molecule has 0 aliphatic rings. The Morgan fingerprint density at radius 1 is 0.280 bits per heavy atom. The van der Waals surface area contributed by atoms with E-state index < -0.39 is 97.5 Å². The van der Waals surface area contributed by atoms with Crippen molar-refractivity contribution in [1.82, 2.24) is 0 Å². The van der Waals surface area contributed by atoms with Crippen molar-refractivity contribution in [2.45, 2.75) is 406 Å². The first kappa shape index (κ1) is 97.0. The molecule has 0 rings (SSSR count). The lowest BCUT2D eigenvalue weighted by molar-refractivity contribution is -0.161. The zero-order valence-electron chi connectivity index (χ0n) is 64.1. The number of phosphoric ester groups is 2. The van der Waals surface area contributed by atoms with Gasteiger partial charge in [-0.2, -0.15) is 0 Å². The van der Waals surface area contributed by atoms with Crippen LogP contribution in [-0.2, 0) is 65.4 Å². The Morgan fingerprint density at radius 2 is 0.490 bits per heavy atom. The number of hydrogen-bond donors (Lipinski definition) is 3. The summed E-state index contributed by atoms with van der Waals surface area (Å²) >= 11 is 0. The summed E-state index contributed by atoms with van der Waals surface area (Å²) in [5.41, 5.74) is 0. The van der Waals surface area contributed by atoms with E-state index in [9.17, 15) is 43.2 Å². The topological polar surface area (TPSA) is 237 Å². The molecule has 0 bridgehead atoms. The van der Waals surface area contributed by atoms with Crippen LogP contribution in [0.5, 0.6) is 0 Å². The van der Waals surface area contributed by atoms with Crippen LogP contribution in [0.4, 0.5) is 0 Å². The average molecular weight is 1460 g/mol. The van der Waals surface area contributed by atoms with Gasteiger partial charge in [0.15, 0.2) is 12.2 Å². The van der Waals surface area contributed by atoms with E-state index in [2.05, 4.69) is 76.3 Å². The number of carbonyl (C=O) groups excluding carboxylic acids is 4. The molecule has 586 valence electrons. The van der Waals surface area contributed by atoms with Gasteiger partial charge in [-0.1, -0.05) is 320 Å². The summed E-state index contributed by atoms with van der Waals surface area (Å²) in [7, 11) is -9.94. The lowest BCUT2D eigenvalue weighted by atomic mass is 10.0. The molecular weight excluding hydrogens is 1310 g/mol. The van der Waals surface area contributed by atoms with Gasteiger partial charge >= 0.3 is 39.5 Å². The van der Waals surface area contributed by atoms with Crippen molar-refractivity contribution in [3.63, 3.8) is 0 Å². The molecule has 5 atom stereocenters. The SMILES string of the molecule is CCCCC/C=C\C/C=C\CCCCCCCC(=O)OC[C@H](COP(=O)(O)OC[C@H](O)COP(=O)(O)OC[C@@H](COC(=O)CCCCCCCCCCCCCCCCCCC)OC(=O)CCCCCCCCCCCCCCC)OC(=O)CCCCCCC/C=C\C/C=C\CCCCC. The number of unbranched alkanes of at least 4 members (excludes halogenated alkanes) is 44. The van der Waals surface area contributed by atoms with Gasteiger partial charge in [0.1, 0.15) is 19.3 Å². The first-order chi connectivity index (χ1) is 48.7. The maximum atomic E-state index is 13.1. The molecule has 0 aromatic heterocycles. The maximum absolute atomic E-state index is 13.1. The van der Waals surface area contributed by atoms with Crippen LogP contribution < -0.4 is 0 Å². The van der Waals surface area contributed by atoms with Gasteiger partial charge in [0.25, 0.3) is 0 Å². The minimum absolute atomic E-state index is 0.0806. The van der Waals surface area contributed by atoms with Crippen LogP contribution in [0.3, 0.4) is 0 Å². The summed E-state index contributed by atoms with van der Waals surface area (Å²) in [6.07, 6.45) is 72.2. The number of rotatable bonds is 78. The highest BCUT2D eigenvalue weighted by atomic mass is 31.2. The largest absolute Gasteiger partial charge is 0.472 e. The van der Waals surface area contributed by atoms with E-state index >= 15 is 0 Å². The van der Waals surface area contributed by atoms with Crippen molar-refractivity contribution in [1.29, 1.82) is 0 Å². The fourth-order valence-electron chi connectivity index (χ4n) is 11.5. The molecule has 0 aliphatic carbocycles. The van der Waals surface area contributed by atoms with Crippen LogP contribution in [0, 0.1) is 0 Å². The number of hydrogen-bond acceptors (Lipinski definition) is 15. The van der Waals surface area contributed by atoms with Crippen molar-refractivity contribution in [3.8, 4) is 0 Å². The molecule has 17 nitrogen and oxygen atoms in total. The van der Waals surface area contributed by atoms with E-state index in [0.717, 1.165) is 135 Å². The van der Waals surface area contributed by atoms with Gasteiger partial charge < -0.3 is 33.8 Å². The second-order valence-corrected chi connectivity index (χ2v) is 30.6.